The van der Waals surface area contributed by atoms with Gasteiger partial charge in [0.1, 0.15) is 23.2 Å². The lowest BCUT2D eigenvalue weighted by atomic mass is 10.0. The van der Waals surface area contributed by atoms with Crippen LogP contribution in [0, 0.1) is 0 Å². The maximum atomic E-state index is 13.3. The number of benzene rings is 1. The second-order valence-corrected chi connectivity index (χ2v) is 13.8. The topological polar surface area (TPSA) is 151 Å². The molecular formula is C37H40N10O4. The first-order valence-electron chi connectivity index (χ1n) is 17.5. The summed E-state index contributed by atoms with van der Waals surface area (Å²) in [6.45, 7) is 3.20. The summed E-state index contributed by atoms with van der Waals surface area (Å²) in [7, 11) is 3.54. The normalized spacial score (nSPS) is 18.4. The van der Waals surface area contributed by atoms with E-state index in [4.69, 9.17) is 4.98 Å². The number of fused-ring (bicyclic) bond motifs is 2. The molecule has 0 spiro atoms. The summed E-state index contributed by atoms with van der Waals surface area (Å²) >= 11 is 0. The second kappa shape index (κ2) is 13.2. The Morgan fingerprint density at radius 3 is 2.31 bits per heavy atom. The number of pyridine rings is 2. The van der Waals surface area contributed by atoms with Crippen LogP contribution < -0.4 is 26.0 Å². The number of imide groups is 1. The lowest BCUT2D eigenvalue weighted by Gasteiger charge is -2.37. The smallest absolute Gasteiger partial charge is 0.270 e. The molecule has 2 N–H and O–H groups in total. The maximum Gasteiger partial charge on any atom is 0.270 e. The molecule has 51 heavy (non-hydrogen) atoms. The van der Waals surface area contributed by atoms with Crippen molar-refractivity contribution >= 4 is 62.7 Å². The zero-order valence-electron chi connectivity index (χ0n) is 28.7. The minimum Gasteiger partial charge on any atom is -0.368 e. The summed E-state index contributed by atoms with van der Waals surface area (Å²) in [4.78, 5) is 70.5. The number of piperidine rings is 1. The number of hydrogen-bond donors (Lipinski definition) is 2. The molecular weight excluding hydrogens is 648 g/mol. The predicted molar refractivity (Wildman–Crippen MR) is 195 cm³/mol. The fourth-order valence-corrected chi connectivity index (χ4v) is 7.62. The minimum absolute atomic E-state index is 0.0380. The number of nitrogens with one attached hydrogen (secondary N) is 2. The molecule has 14 heteroatoms. The molecule has 3 amide bonds. The Balaban J connectivity index is 0.928. The van der Waals surface area contributed by atoms with Crippen LogP contribution >= 0.6 is 0 Å². The van der Waals surface area contributed by atoms with E-state index in [9.17, 15) is 19.2 Å². The van der Waals surface area contributed by atoms with Crippen LogP contribution in [0.1, 0.15) is 61.1 Å². The van der Waals surface area contributed by atoms with Gasteiger partial charge >= 0.3 is 0 Å². The molecule has 14 nitrogen and oxygen atoms in total. The third kappa shape index (κ3) is 6.15. The number of amides is 3. The van der Waals surface area contributed by atoms with Crippen molar-refractivity contribution in [1.29, 1.82) is 0 Å². The van der Waals surface area contributed by atoms with Crippen molar-refractivity contribution in [1.82, 2.24) is 34.3 Å². The zero-order valence-corrected chi connectivity index (χ0v) is 28.7. The minimum atomic E-state index is -0.682. The third-order valence-electron chi connectivity index (χ3n) is 10.3. The average molecular weight is 689 g/mol. The van der Waals surface area contributed by atoms with Crippen LogP contribution in [0.2, 0.25) is 0 Å². The Bertz CT molecular complexity index is 2210. The quantitative estimate of drug-likeness (QED) is 0.240. The van der Waals surface area contributed by atoms with Crippen molar-refractivity contribution in [3.05, 3.63) is 77.1 Å². The Labute approximate surface area is 294 Å². The molecule has 1 saturated carbocycles. The molecule has 1 aliphatic carbocycles. The van der Waals surface area contributed by atoms with Crippen molar-refractivity contribution in [2.45, 2.75) is 50.6 Å². The van der Waals surface area contributed by atoms with Crippen LogP contribution in [0.3, 0.4) is 0 Å². The van der Waals surface area contributed by atoms with Gasteiger partial charge in [-0.15, -0.1) is 0 Å². The van der Waals surface area contributed by atoms with Crippen LogP contribution in [0.15, 0.2) is 65.8 Å². The van der Waals surface area contributed by atoms with E-state index in [0.717, 1.165) is 79.7 Å². The Hall–Kier alpha value is -5.79. The summed E-state index contributed by atoms with van der Waals surface area (Å²) in [6, 6.07) is 13.1. The first-order valence-corrected chi connectivity index (χ1v) is 17.5. The van der Waals surface area contributed by atoms with E-state index >= 15 is 0 Å². The monoisotopic (exact) mass is 688 g/mol. The fraction of sp³-hybridized carbons (Fsp3) is 0.378. The van der Waals surface area contributed by atoms with Crippen molar-refractivity contribution in [3.63, 3.8) is 0 Å². The molecule has 2 saturated heterocycles. The molecule has 3 aliphatic rings. The predicted octanol–water partition coefficient (Wildman–Crippen LogP) is 4.01. The first-order chi connectivity index (χ1) is 24.7. The van der Waals surface area contributed by atoms with Gasteiger partial charge in [-0.2, -0.15) is 4.98 Å². The maximum absolute atomic E-state index is 13.3. The highest BCUT2D eigenvalue weighted by Gasteiger charge is 2.29. The van der Waals surface area contributed by atoms with Crippen LogP contribution in [0.25, 0.3) is 21.8 Å². The molecule has 262 valence electrons. The Kier molecular flexibility index (Phi) is 8.36. The second-order valence-electron chi connectivity index (χ2n) is 13.8. The highest BCUT2D eigenvalue weighted by Crippen LogP contribution is 2.35. The van der Waals surface area contributed by atoms with E-state index in [1.165, 1.54) is 4.57 Å². The number of piperazine rings is 1. The summed E-state index contributed by atoms with van der Waals surface area (Å²) in [6.07, 6.45) is 10.1. The number of anilines is 4. The van der Waals surface area contributed by atoms with Gasteiger partial charge in [-0.1, -0.05) is 12.8 Å². The van der Waals surface area contributed by atoms with Crippen molar-refractivity contribution in [3.8, 4) is 0 Å². The van der Waals surface area contributed by atoms with Gasteiger partial charge in [0.05, 0.1) is 11.9 Å². The van der Waals surface area contributed by atoms with E-state index in [2.05, 4.69) is 35.0 Å². The largest absolute Gasteiger partial charge is 0.368 e. The fourth-order valence-electron chi connectivity index (χ4n) is 7.62. The molecule has 2 aliphatic heterocycles. The number of carbonyl (C=O) groups excluding carboxylic acids is 3. The standard InChI is InChI=1S/C37H40N10O4/c1-43(2)36(51)30-20-24-21-39-37(42-33(24)47(30)25-5-3-4-6-25)40-31-11-8-27(22-38-31)45-17-15-44(16-18-45)26-7-9-28-23(19-26)13-14-46(35(28)50)29-10-12-32(48)41-34(29)49/h7-9,11,13-14,19-22,25,29H,3-6,10,12,15-18H2,1-2H3,(H,41,48,49)(H,38,39,40,42)/t29-/m0/s1. The zero-order chi connectivity index (χ0) is 35.2. The molecule has 5 aromatic rings. The average Bonchev–Trinajstić information content (AvgIpc) is 3.80. The summed E-state index contributed by atoms with van der Waals surface area (Å²) in [5.74, 6) is 0.286. The van der Waals surface area contributed by atoms with Crippen LogP contribution in [0.4, 0.5) is 23.1 Å². The van der Waals surface area contributed by atoms with E-state index in [0.29, 0.717) is 29.3 Å². The number of aromatic nitrogens is 5. The summed E-state index contributed by atoms with van der Waals surface area (Å²) in [5.41, 5.74) is 3.22. The van der Waals surface area contributed by atoms with Gasteiger partial charge in [-0.25, -0.2) is 9.97 Å². The lowest BCUT2D eigenvalue weighted by molar-refractivity contribution is -0.135. The Morgan fingerprint density at radius 1 is 0.863 bits per heavy atom. The van der Waals surface area contributed by atoms with Crippen molar-refractivity contribution < 1.29 is 14.4 Å². The van der Waals surface area contributed by atoms with Gasteiger partial charge in [0.2, 0.25) is 17.8 Å². The Morgan fingerprint density at radius 2 is 1.61 bits per heavy atom. The van der Waals surface area contributed by atoms with Gasteiger partial charge in [-0.05, 0) is 67.1 Å². The lowest BCUT2D eigenvalue weighted by Crippen LogP contribution is -2.46. The molecule has 8 rings (SSSR count). The number of rotatable bonds is 7. The van der Waals surface area contributed by atoms with E-state index in [1.807, 2.05) is 48.7 Å². The van der Waals surface area contributed by atoms with Crippen LogP contribution in [-0.2, 0) is 9.59 Å². The van der Waals surface area contributed by atoms with Crippen molar-refractivity contribution in [2.24, 2.45) is 0 Å². The van der Waals surface area contributed by atoms with Gasteiger partial charge in [0, 0.05) is 81.6 Å². The van der Waals surface area contributed by atoms with Gasteiger partial charge in [0.25, 0.3) is 11.5 Å². The van der Waals surface area contributed by atoms with E-state index < -0.39 is 11.9 Å². The molecule has 3 fully saturated rings. The highest BCUT2D eigenvalue weighted by molar-refractivity contribution is 6.00. The molecule has 0 radical (unpaired) electrons. The highest BCUT2D eigenvalue weighted by atomic mass is 16.2. The van der Waals surface area contributed by atoms with Crippen LogP contribution in [-0.4, -0.2) is 87.0 Å². The van der Waals surface area contributed by atoms with Gasteiger partial charge < -0.3 is 29.2 Å². The van der Waals surface area contributed by atoms with Crippen LogP contribution in [0.5, 0.6) is 0 Å². The summed E-state index contributed by atoms with van der Waals surface area (Å²) in [5, 5.41) is 7.79. The van der Waals surface area contributed by atoms with Gasteiger partial charge in [-0.3, -0.25) is 24.5 Å². The van der Waals surface area contributed by atoms with Gasteiger partial charge in [0.15, 0.2) is 0 Å². The molecule has 0 bridgehead atoms. The number of carbonyl (C=O) groups is 3. The number of hydrogen-bond acceptors (Lipinski definition) is 10. The van der Waals surface area contributed by atoms with E-state index in [-0.39, 0.29) is 29.8 Å². The van der Waals surface area contributed by atoms with Crippen molar-refractivity contribution in [2.75, 3.05) is 55.4 Å². The third-order valence-corrected chi connectivity index (χ3v) is 10.3. The summed E-state index contributed by atoms with van der Waals surface area (Å²) < 4.78 is 3.54. The first kappa shape index (κ1) is 32.4. The van der Waals surface area contributed by atoms with E-state index in [1.54, 1.807) is 31.4 Å². The SMILES string of the molecule is CN(C)C(=O)c1cc2cnc(Nc3ccc(N4CCN(c5ccc6c(=O)n([C@H]7CCC(=O)NC7=O)ccc6c5)CC4)cn3)nc2n1C1CCCC1. The molecule has 1 atom stereocenters. The molecule has 6 heterocycles. The number of nitrogens with zero attached hydrogens (tertiary/aromatic N) is 8. The molecule has 0 unspecified atom stereocenters. The molecule has 4 aromatic heterocycles. The molecule has 1 aromatic carbocycles.